The maximum absolute atomic E-state index is 12.2. The number of benzene rings is 1. The minimum atomic E-state index is -0.523. The highest BCUT2D eigenvalue weighted by molar-refractivity contribution is 5.68. The Labute approximate surface area is 196 Å². The van der Waals surface area contributed by atoms with Crippen molar-refractivity contribution in [2.24, 2.45) is 0 Å². The number of nitrogens with zero attached hydrogens (tertiary/aromatic N) is 4. The SMILES string of the molecule is CCCCc1cc(N2CC[C@H](NC(=O)OC(C)(C)C)C2)nc(Nc2ccc(C)c(C#N)c2)n1. The monoisotopic (exact) mass is 450 g/mol. The predicted octanol–water partition coefficient (Wildman–Crippen LogP) is 4.85. The molecule has 176 valence electrons. The van der Waals surface area contributed by atoms with Gasteiger partial charge in [-0.2, -0.15) is 10.2 Å². The summed E-state index contributed by atoms with van der Waals surface area (Å²) < 4.78 is 5.39. The summed E-state index contributed by atoms with van der Waals surface area (Å²) in [5.74, 6) is 1.34. The van der Waals surface area contributed by atoms with Crippen molar-refractivity contribution in [1.82, 2.24) is 15.3 Å². The molecule has 1 atom stereocenters. The Hall–Kier alpha value is -3.34. The minimum Gasteiger partial charge on any atom is -0.444 e. The molecule has 0 saturated carbocycles. The van der Waals surface area contributed by atoms with Gasteiger partial charge in [-0.1, -0.05) is 19.4 Å². The molecule has 1 aliphatic rings. The number of hydrogen-bond acceptors (Lipinski definition) is 7. The average Bonchev–Trinajstić information content (AvgIpc) is 3.20. The zero-order valence-electron chi connectivity index (χ0n) is 20.2. The first-order valence-electron chi connectivity index (χ1n) is 11.6. The Morgan fingerprint density at radius 2 is 2.09 bits per heavy atom. The Bertz CT molecular complexity index is 1020. The molecular formula is C25H34N6O2. The van der Waals surface area contributed by atoms with E-state index in [2.05, 4.69) is 28.5 Å². The van der Waals surface area contributed by atoms with Gasteiger partial charge in [-0.05, 0) is 64.7 Å². The van der Waals surface area contributed by atoms with Gasteiger partial charge >= 0.3 is 6.09 Å². The van der Waals surface area contributed by atoms with E-state index >= 15 is 0 Å². The second-order valence-electron chi connectivity index (χ2n) is 9.49. The van der Waals surface area contributed by atoms with E-state index in [-0.39, 0.29) is 6.04 Å². The molecule has 1 fully saturated rings. The van der Waals surface area contributed by atoms with Crippen molar-refractivity contribution in [3.63, 3.8) is 0 Å². The van der Waals surface area contributed by atoms with Gasteiger partial charge in [-0.25, -0.2) is 9.78 Å². The molecule has 3 rings (SSSR count). The van der Waals surface area contributed by atoms with Gasteiger partial charge in [0, 0.05) is 30.5 Å². The predicted molar refractivity (Wildman–Crippen MR) is 130 cm³/mol. The molecule has 33 heavy (non-hydrogen) atoms. The van der Waals surface area contributed by atoms with E-state index in [0.29, 0.717) is 18.1 Å². The lowest BCUT2D eigenvalue weighted by molar-refractivity contribution is 0.0509. The number of nitrogens with one attached hydrogen (secondary N) is 2. The number of carbonyl (C=O) groups is 1. The molecule has 0 aliphatic carbocycles. The average molecular weight is 451 g/mol. The molecule has 0 unspecified atom stereocenters. The summed E-state index contributed by atoms with van der Waals surface area (Å²) in [6, 6.07) is 9.90. The van der Waals surface area contributed by atoms with Crippen LogP contribution in [0.1, 0.15) is 63.8 Å². The first-order chi connectivity index (χ1) is 15.7. The summed E-state index contributed by atoms with van der Waals surface area (Å²) in [4.78, 5) is 23.8. The number of aryl methyl sites for hydroxylation is 2. The number of ether oxygens (including phenoxy) is 1. The molecule has 2 heterocycles. The molecule has 1 amide bonds. The van der Waals surface area contributed by atoms with Gasteiger partial charge in [0.15, 0.2) is 0 Å². The number of nitriles is 1. The summed E-state index contributed by atoms with van der Waals surface area (Å²) in [6.07, 6.45) is 3.42. The van der Waals surface area contributed by atoms with Crippen molar-refractivity contribution in [3.05, 3.63) is 41.1 Å². The van der Waals surface area contributed by atoms with Crippen LogP contribution in [-0.2, 0) is 11.2 Å². The van der Waals surface area contributed by atoms with Crippen LogP contribution in [0.15, 0.2) is 24.3 Å². The maximum Gasteiger partial charge on any atom is 0.407 e. The second kappa shape index (κ2) is 10.5. The van der Waals surface area contributed by atoms with Crippen LogP contribution in [0, 0.1) is 18.3 Å². The zero-order valence-corrected chi connectivity index (χ0v) is 20.2. The summed E-state index contributed by atoms with van der Waals surface area (Å²) >= 11 is 0. The fourth-order valence-electron chi connectivity index (χ4n) is 3.70. The third kappa shape index (κ3) is 7.07. The van der Waals surface area contributed by atoms with E-state index in [9.17, 15) is 10.1 Å². The standard InChI is InChI=1S/C25H34N6O2/c1-6-7-8-19-14-22(31-12-11-21(16-31)29-24(32)33-25(3,4)5)30-23(27-19)28-20-10-9-17(2)18(13-20)15-26/h9-10,13-14,21H,6-8,11-12,16H2,1-5H3,(H,29,32)(H,27,28,30)/t21-/m0/s1. The van der Waals surface area contributed by atoms with Crippen molar-refractivity contribution < 1.29 is 9.53 Å². The van der Waals surface area contributed by atoms with Gasteiger partial charge in [-0.3, -0.25) is 0 Å². The molecule has 0 spiro atoms. The number of aromatic nitrogens is 2. The summed E-state index contributed by atoms with van der Waals surface area (Å²) in [7, 11) is 0. The topological polar surface area (TPSA) is 103 Å². The lowest BCUT2D eigenvalue weighted by Gasteiger charge is -2.22. The van der Waals surface area contributed by atoms with E-state index in [1.807, 2.05) is 52.0 Å². The highest BCUT2D eigenvalue weighted by atomic mass is 16.6. The quantitative estimate of drug-likeness (QED) is 0.622. The summed E-state index contributed by atoms with van der Waals surface area (Å²) in [6.45, 7) is 11.1. The molecule has 0 radical (unpaired) electrons. The molecule has 0 bridgehead atoms. The van der Waals surface area contributed by atoms with Crippen molar-refractivity contribution in [2.45, 2.75) is 71.9 Å². The number of rotatable bonds is 7. The van der Waals surface area contributed by atoms with Crippen LogP contribution in [0.2, 0.25) is 0 Å². The molecule has 2 aromatic rings. The Morgan fingerprint density at radius 3 is 2.79 bits per heavy atom. The molecule has 1 aromatic heterocycles. The van der Waals surface area contributed by atoms with Crippen LogP contribution in [0.3, 0.4) is 0 Å². The number of amides is 1. The Morgan fingerprint density at radius 1 is 1.30 bits per heavy atom. The van der Waals surface area contributed by atoms with E-state index in [1.165, 1.54) is 0 Å². The van der Waals surface area contributed by atoms with Gasteiger partial charge < -0.3 is 20.3 Å². The number of hydrogen-bond donors (Lipinski definition) is 2. The molecular weight excluding hydrogens is 416 g/mol. The molecule has 1 aliphatic heterocycles. The lowest BCUT2D eigenvalue weighted by Crippen LogP contribution is -2.40. The van der Waals surface area contributed by atoms with Crippen molar-refractivity contribution in [3.8, 4) is 6.07 Å². The van der Waals surface area contributed by atoms with Gasteiger partial charge in [0.2, 0.25) is 5.95 Å². The molecule has 1 saturated heterocycles. The Balaban J connectivity index is 1.76. The molecule has 8 heteroatoms. The van der Waals surface area contributed by atoms with Crippen molar-refractivity contribution in [2.75, 3.05) is 23.3 Å². The van der Waals surface area contributed by atoms with Crippen molar-refractivity contribution >= 4 is 23.5 Å². The van der Waals surface area contributed by atoms with Crippen LogP contribution < -0.4 is 15.5 Å². The highest BCUT2D eigenvalue weighted by Gasteiger charge is 2.27. The van der Waals surface area contributed by atoms with Crippen LogP contribution in [0.5, 0.6) is 0 Å². The third-order valence-electron chi connectivity index (χ3n) is 5.40. The number of unbranched alkanes of at least 4 members (excludes halogenated alkanes) is 1. The largest absolute Gasteiger partial charge is 0.444 e. The van der Waals surface area contributed by atoms with E-state index in [0.717, 1.165) is 55.0 Å². The zero-order chi connectivity index (χ0) is 24.0. The number of carbonyl (C=O) groups excluding carboxylic acids is 1. The summed E-state index contributed by atoms with van der Waals surface area (Å²) in [5, 5.41) is 15.6. The van der Waals surface area contributed by atoms with Crippen LogP contribution in [0.4, 0.5) is 22.2 Å². The second-order valence-corrected chi connectivity index (χ2v) is 9.49. The Kier molecular flexibility index (Phi) is 7.75. The molecule has 1 aromatic carbocycles. The van der Waals surface area contributed by atoms with Crippen LogP contribution in [-0.4, -0.2) is 40.8 Å². The lowest BCUT2D eigenvalue weighted by atomic mass is 10.1. The highest BCUT2D eigenvalue weighted by Crippen LogP contribution is 2.24. The van der Waals surface area contributed by atoms with Gasteiger partial charge in [0.25, 0.3) is 0 Å². The number of anilines is 3. The molecule has 2 N–H and O–H groups in total. The maximum atomic E-state index is 12.2. The normalized spacial score (nSPS) is 15.8. The van der Waals surface area contributed by atoms with Gasteiger partial charge in [0.05, 0.1) is 17.7 Å². The fourth-order valence-corrected chi connectivity index (χ4v) is 3.70. The van der Waals surface area contributed by atoms with E-state index in [1.54, 1.807) is 0 Å². The van der Waals surface area contributed by atoms with E-state index in [4.69, 9.17) is 14.7 Å². The van der Waals surface area contributed by atoms with E-state index < -0.39 is 11.7 Å². The van der Waals surface area contributed by atoms with Crippen LogP contribution in [0.25, 0.3) is 0 Å². The fraction of sp³-hybridized carbons (Fsp3) is 0.520. The number of alkyl carbamates (subject to hydrolysis) is 1. The van der Waals surface area contributed by atoms with Crippen LogP contribution >= 0.6 is 0 Å². The summed E-state index contributed by atoms with van der Waals surface area (Å²) in [5.41, 5.74) is 2.78. The first-order valence-corrected chi connectivity index (χ1v) is 11.6. The van der Waals surface area contributed by atoms with Crippen molar-refractivity contribution in [1.29, 1.82) is 5.26 Å². The smallest absolute Gasteiger partial charge is 0.407 e. The van der Waals surface area contributed by atoms with Gasteiger partial charge in [-0.15, -0.1) is 0 Å². The molecule has 8 nitrogen and oxygen atoms in total. The third-order valence-corrected chi connectivity index (χ3v) is 5.40. The van der Waals surface area contributed by atoms with Gasteiger partial charge in [0.1, 0.15) is 11.4 Å². The first kappa shape index (κ1) is 24.3. The minimum absolute atomic E-state index is 0.000557.